The molecule has 0 aliphatic carbocycles. The third-order valence-electron chi connectivity index (χ3n) is 4.44. The van der Waals surface area contributed by atoms with Gasteiger partial charge in [-0.3, -0.25) is 0 Å². The molecule has 2 N–H and O–H groups in total. The number of carbonyl (C=O) groups excluding carboxylic acids is 1. The summed E-state index contributed by atoms with van der Waals surface area (Å²) in [6.07, 6.45) is 2.45. The van der Waals surface area contributed by atoms with Crippen LogP contribution in [-0.2, 0) is 6.42 Å². The number of hydrogen-bond donors (Lipinski definition) is 2. The minimum Gasteiger partial charge on any atom is -0.396 e. The Balaban J connectivity index is 1.78. The number of urea groups is 1. The summed E-state index contributed by atoms with van der Waals surface area (Å²) in [4.78, 5) is 18.8. The lowest BCUT2D eigenvalue weighted by atomic mass is 10.1. The topological polar surface area (TPSA) is 91.5 Å². The zero-order valence-electron chi connectivity index (χ0n) is 14.4. The summed E-state index contributed by atoms with van der Waals surface area (Å²) < 4.78 is 5.29. The van der Waals surface area contributed by atoms with Crippen molar-refractivity contribution < 1.29 is 14.4 Å². The summed E-state index contributed by atoms with van der Waals surface area (Å²) in [7, 11) is 0. The Kier molecular flexibility index (Phi) is 5.65. The van der Waals surface area contributed by atoms with Gasteiger partial charge in [-0.15, -0.1) is 0 Å². The molecule has 1 aromatic heterocycles. The molecular weight excluding hydrogens is 320 g/mol. The van der Waals surface area contributed by atoms with Gasteiger partial charge in [0.05, 0.1) is 0 Å². The van der Waals surface area contributed by atoms with Gasteiger partial charge in [-0.05, 0) is 18.4 Å². The second-order valence-electron chi connectivity index (χ2n) is 6.37. The molecule has 7 heteroatoms. The summed E-state index contributed by atoms with van der Waals surface area (Å²) in [5.74, 6) is 1.19. The highest BCUT2D eigenvalue weighted by molar-refractivity contribution is 5.75. The van der Waals surface area contributed by atoms with Gasteiger partial charge in [-0.1, -0.05) is 42.4 Å². The summed E-state index contributed by atoms with van der Waals surface area (Å²) in [6, 6.07) is 8.98. The van der Waals surface area contributed by atoms with E-state index in [1.165, 1.54) is 0 Å². The van der Waals surface area contributed by atoms with E-state index in [0.717, 1.165) is 18.4 Å². The van der Waals surface area contributed by atoms with Crippen LogP contribution in [0.25, 0.3) is 0 Å². The lowest BCUT2D eigenvalue weighted by Crippen LogP contribution is -2.41. The van der Waals surface area contributed by atoms with Crippen LogP contribution in [0.1, 0.15) is 43.1 Å². The lowest BCUT2D eigenvalue weighted by molar-refractivity contribution is 0.196. The van der Waals surface area contributed by atoms with E-state index in [1.807, 2.05) is 37.3 Å². The number of hydrogen-bond acceptors (Lipinski definition) is 5. The number of amides is 2. The second kappa shape index (κ2) is 8.11. The largest absolute Gasteiger partial charge is 0.396 e. The number of aromatic nitrogens is 2. The lowest BCUT2D eigenvalue weighted by Gasteiger charge is -2.22. The van der Waals surface area contributed by atoms with Crippen LogP contribution < -0.4 is 5.32 Å². The molecule has 2 atom stereocenters. The summed E-state index contributed by atoms with van der Waals surface area (Å²) in [5.41, 5.74) is 0.901. The monoisotopic (exact) mass is 344 g/mol. The number of nitrogens with zero attached hydrogens (tertiary/aromatic N) is 3. The van der Waals surface area contributed by atoms with Crippen molar-refractivity contribution in [3.8, 4) is 0 Å². The van der Waals surface area contributed by atoms with Crippen LogP contribution in [0.15, 0.2) is 34.9 Å². The van der Waals surface area contributed by atoms with E-state index in [1.54, 1.807) is 4.90 Å². The Morgan fingerprint density at radius 1 is 1.44 bits per heavy atom. The van der Waals surface area contributed by atoms with E-state index >= 15 is 0 Å². The number of carbonyl (C=O) groups is 1. The molecule has 25 heavy (non-hydrogen) atoms. The molecule has 1 aliphatic heterocycles. The SMILES string of the molecule is CCCc1nc(C(NC(=O)N2CCC(CO)C2)c2ccccc2)no1. The molecule has 3 rings (SSSR count). The molecular formula is C18H24N4O3. The van der Waals surface area contributed by atoms with E-state index < -0.39 is 6.04 Å². The Morgan fingerprint density at radius 3 is 2.92 bits per heavy atom. The van der Waals surface area contributed by atoms with Crippen LogP contribution in [-0.4, -0.2) is 45.9 Å². The average Bonchev–Trinajstić information content (AvgIpc) is 3.30. The minimum absolute atomic E-state index is 0.108. The smallest absolute Gasteiger partial charge is 0.318 e. The van der Waals surface area contributed by atoms with Crippen molar-refractivity contribution in [3.63, 3.8) is 0 Å². The number of aliphatic hydroxyl groups excluding tert-OH is 1. The van der Waals surface area contributed by atoms with Gasteiger partial charge in [-0.25, -0.2) is 4.79 Å². The molecule has 1 aromatic carbocycles. The highest BCUT2D eigenvalue weighted by Gasteiger charge is 2.29. The third-order valence-corrected chi connectivity index (χ3v) is 4.44. The molecule has 1 saturated heterocycles. The quantitative estimate of drug-likeness (QED) is 0.838. The van der Waals surface area contributed by atoms with E-state index in [4.69, 9.17) is 4.52 Å². The predicted octanol–water partition coefficient (Wildman–Crippen LogP) is 2.14. The maximum Gasteiger partial charge on any atom is 0.318 e. The van der Waals surface area contributed by atoms with Crippen molar-refractivity contribution in [2.24, 2.45) is 5.92 Å². The molecule has 2 aromatic rings. The summed E-state index contributed by atoms with van der Waals surface area (Å²) in [5, 5.41) is 16.3. The fraction of sp³-hybridized carbons (Fsp3) is 0.500. The van der Waals surface area contributed by atoms with Crippen molar-refractivity contribution in [1.29, 1.82) is 0 Å². The first-order valence-electron chi connectivity index (χ1n) is 8.75. The Hall–Kier alpha value is -2.41. The molecule has 7 nitrogen and oxygen atoms in total. The molecule has 2 unspecified atom stereocenters. The zero-order valence-corrected chi connectivity index (χ0v) is 14.4. The molecule has 2 amide bonds. The van der Waals surface area contributed by atoms with Gasteiger partial charge in [0.15, 0.2) is 5.82 Å². The Bertz CT molecular complexity index is 689. The molecule has 0 saturated carbocycles. The van der Waals surface area contributed by atoms with Gasteiger partial charge in [0.2, 0.25) is 5.89 Å². The van der Waals surface area contributed by atoms with Crippen LogP contribution in [0.2, 0.25) is 0 Å². The summed E-state index contributed by atoms with van der Waals surface area (Å²) >= 11 is 0. The van der Waals surface area contributed by atoms with Crippen molar-refractivity contribution in [2.45, 2.75) is 32.2 Å². The van der Waals surface area contributed by atoms with E-state index in [-0.39, 0.29) is 18.6 Å². The van der Waals surface area contributed by atoms with E-state index in [2.05, 4.69) is 15.5 Å². The van der Waals surface area contributed by atoms with Crippen LogP contribution >= 0.6 is 0 Å². The van der Waals surface area contributed by atoms with Crippen molar-refractivity contribution in [3.05, 3.63) is 47.6 Å². The van der Waals surface area contributed by atoms with Crippen LogP contribution in [0.4, 0.5) is 4.79 Å². The molecule has 0 radical (unpaired) electrons. The maximum atomic E-state index is 12.6. The average molecular weight is 344 g/mol. The van der Waals surface area contributed by atoms with Crippen molar-refractivity contribution in [2.75, 3.05) is 19.7 Å². The number of benzene rings is 1. The Labute approximate surface area is 147 Å². The van der Waals surface area contributed by atoms with E-state index in [9.17, 15) is 9.90 Å². The maximum absolute atomic E-state index is 12.6. The highest BCUT2D eigenvalue weighted by Crippen LogP contribution is 2.22. The molecule has 0 spiro atoms. The predicted molar refractivity (Wildman–Crippen MR) is 91.9 cm³/mol. The number of nitrogens with one attached hydrogen (secondary N) is 1. The first kappa shape index (κ1) is 17.4. The number of likely N-dealkylation sites (tertiary alicyclic amines) is 1. The number of rotatable bonds is 6. The fourth-order valence-electron chi connectivity index (χ4n) is 3.02. The minimum atomic E-state index is -0.462. The van der Waals surface area contributed by atoms with Crippen molar-refractivity contribution >= 4 is 6.03 Å². The third kappa shape index (κ3) is 4.17. The van der Waals surface area contributed by atoms with Gasteiger partial charge >= 0.3 is 6.03 Å². The standard InChI is InChI=1S/C18H24N4O3/c1-2-6-15-19-17(21-25-15)16(14-7-4-3-5-8-14)20-18(24)22-10-9-13(11-22)12-23/h3-5,7-8,13,16,23H,2,6,9-12H2,1H3,(H,20,24). The second-order valence-corrected chi connectivity index (χ2v) is 6.37. The molecule has 2 heterocycles. The van der Waals surface area contributed by atoms with Crippen LogP contribution in [0, 0.1) is 5.92 Å². The normalized spacial score (nSPS) is 18.3. The van der Waals surface area contributed by atoms with Crippen LogP contribution in [0.5, 0.6) is 0 Å². The number of aliphatic hydroxyl groups is 1. The molecule has 1 fully saturated rings. The van der Waals surface area contributed by atoms with Crippen molar-refractivity contribution in [1.82, 2.24) is 20.4 Å². The highest BCUT2D eigenvalue weighted by atomic mass is 16.5. The fourth-order valence-corrected chi connectivity index (χ4v) is 3.02. The molecule has 134 valence electrons. The molecule has 0 bridgehead atoms. The first-order chi connectivity index (χ1) is 12.2. The van der Waals surface area contributed by atoms with Gasteiger partial charge in [0, 0.05) is 32.0 Å². The van der Waals surface area contributed by atoms with Gasteiger partial charge in [0.25, 0.3) is 0 Å². The van der Waals surface area contributed by atoms with Crippen LogP contribution in [0.3, 0.4) is 0 Å². The zero-order chi connectivity index (χ0) is 17.6. The number of aryl methyl sites for hydroxylation is 1. The van der Waals surface area contributed by atoms with Gasteiger partial charge in [0.1, 0.15) is 6.04 Å². The van der Waals surface area contributed by atoms with E-state index in [0.29, 0.717) is 31.2 Å². The first-order valence-corrected chi connectivity index (χ1v) is 8.75. The van der Waals surface area contributed by atoms with Gasteiger partial charge < -0.3 is 19.8 Å². The van der Waals surface area contributed by atoms with Gasteiger partial charge in [-0.2, -0.15) is 4.98 Å². The summed E-state index contributed by atoms with van der Waals surface area (Å²) in [6.45, 7) is 3.37. The Morgan fingerprint density at radius 2 is 2.24 bits per heavy atom. The molecule has 1 aliphatic rings.